The molecule has 2 atom stereocenters. The fourth-order valence-corrected chi connectivity index (χ4v) is 3.38. The number of hydrogen-bond donors (Lipinski definition) is 3. The number of urea groups is 1. The molecule has 2 unspecified atom stereocenters. The molecule has 2 saturated carbocycles. The summed E-state index contributed by atoms with van der Waals surface area (Å²) in [6.07, 6.45) is 10.1. The van der Waals surface area contributed by atoms with Crippen molar-refractivity contribution in [3.8, 4) is 0 Å². The largest absolute Gasteiger partial charge is 0.481 e. The first kappa shape index (κ1) is 15.1. The van der Waals surface area contributed by atoms with Gasteiger partial charge in [0, 0.05) is 12.1 Å². The molecule has 2 aliphatic rings. The summed E-state index contributed by atoms with van der Waals surface area (Å²) in [5, 5.41) is 15.1. The Morgan fingerprint density at radius 3 is 2.05 bits per heavy atom. The summed E-state index contributed by atoms with van der Waals surface area (Å²) in [6, 6.07) is 0.180. The first-order valence-corrected chi connectivity index (χ1v) is 7.95. The predicted molar refractivity (Wildman–Crippen MR) is 76.5 cm³/mol. The van der Waals surface area contributed by atoms with E-state index in [1.54, 1.807) is 0 Å². The molecule has 0 aromatic rings. The van der Waals surface area contributed by atoms with Crippen molar-refractivity contribution in [1.82, 2.24) is 10.6 Å². The van der Waals surface area contributed by atoms with Crippen LogP contribution in [0.4, 0.5) is 4.79 Å². The minimum Gasteiger partial charge on any atom is -0.481 e. The molecule has 20 heavy (non-hydrogen) atoms. The molecule has 2 aliphatic carbocycles. The third kappa shape index (κ3) is 4.69. The van der Waals surface area contributed by atoms with Gasteiger partial charge in [-0.3, -0.25) is 4.79 Å². The molecule has 2 rings (SSSR count). The molecule has 0 spiro atoms. The Labute approximate surface area is 120 Å². The Kier molecular flexibility index (Phi) is 5.68. The van der Waals surface area contributed by atoms with Crippen LogP contribution in [0.5, 0.6) is 0 Å². The number of amides is 2. The summed E-state index contributed by atoms with van der Waals surface area (Å²) in [5.41, 5.74) is 0. The summed E-state index contributed by atoms with van der Waals surface area (Å²) in [4.78, 5) is 23.0. The lowest BCUT2D eigenvalue weighted by Crippen LogP contribution is -2.48. The van der Waals surface area contributed by atoms with Gasteiger partial charge in [0.1, 0.15) is 0 Å². The van der Waals surface area contributed by atoms with Crippen LogP contribution in [0.15, 0.2) is 0 Å². The second-order valence-corrected chi connectivity index (χ2v) is 6.20. The first-order chi connectivity index (χ1) is 9.65. The maximum Gasteiger partial charge on any atom is 0.315 e. The van der Waals surface area contributed by atoms with Gasteiger partial charge in [-0.2, -0.15) is 0 Å². The van der Waals surface area contributed by atoms with Crippen LogP contribution in [0.25, 0.3) is 0 Å². The standard InChI is InChI=1S/C15H26N2O3/c18-14(19)11-6-5-9-13(10-11)17-15(20)16-12-7-3-1-2-4-8-12/h11-13H,1-10H2,(H,18,19)(H2,16,17,20). The van der Waals surface area contributed by atoms with Crippen molar-refractivity contribution in [3.63, 3.8) is 0 Å². The van der Waals surface area contributed by atoms with Crippen molar-refractivity contribution >= 4 is 12.0 Å². The number of carbonyl (C=O) groups is 2. The van der Waals surface area contributed by atoms with E-state index >= 15 is 0 Å². The van der Waals surface area contributed by atoms with Gasteiger partial charge in [-0.25, -0.2) is 4.79 Å². The average molecular weight is 282 g/mol. The maximum atomic E-state index is 12.0. The van der Waals surface area contributed by atoms with Crippen LogP contribution < -0.4 is 10.6 Å². The molecule has 2 fully saturated rings. The Hall–Kier alpha value is -1.26. The minimum absolute atomic E-state index is 0.00984. The maximum absolute atomic E-state index is 12.0. The van der Waals surface area contributed by atoms with E-state index in [-0.39, 0.29) is 24.0 Å². The van der Waals surface area contributed by atoms with E-state index in [1.165, 1.54) is 25.7 Å². The van der Waals surface area contributed by atoms with E-state index in [9.17, 15) is 9.59 Å². The van der Waals surface area contributed by atoms with Crippen LogP contribution in [0.2, 0.25) is 0 Å². The molecule has 0 saturated heterocycles. The lowest BCUT2D eigenvalue weighted by Gasteiger charge is -2.28. The molecule has 0 radical (unpaired) electrons. The second kappa shape index (κ2) is 7.50. The zero-order valence-corrected chi connectivity index (χ0v) is 12.1. The summed E-state index contributed by atoms with van der Waals surface area (Å²) in [5.74, 6) is -1.03. The van der Waals surface area contributed by atoms with Gasteiger partial charge >= 0.3 is 12.0 Å². The average Bonchev–Trinajstić information content (AvgIpc) is 2.67. The highest BCUT2D eigenvalue weighted by Gasteiger charge is 2.28. The van der Waals surface area contributed by atoms with E-state index in [2.05, 4.69) is 10.6 Å². The van der Waals surface area contributed by atoms with Crippen LogP contribution in [-0.4, -0.2) is 29.2 Å². The molecule has 0 bridgehead atoms. The van der Waals surface area contributed by atoms with Crippen molar-refractivity contribution in [1.29, 1.82) is 0 Å². The third-order valence-corrected chi connectivity index (χ3v) is 4.55. The zero-order valence-electron chi connectivity index (χ0n) is 12.1. The molecule has 5 heteroatoms. The summed E-state index contributed by atoms with van der Waals surface area (Å²) in [6.45, 7) is 0. The molecule has 0 aromatic carbocycles. The molecule has 2 amide bonds. The zero-order chi connectivity index (χ0) is 14.4. The lowest BCUT2D eigenvalue weighted by atomic mass is 9.86. The van der Waals surface area contributed by atoms with E-state index in [1.807, 2.05) is 0 Å². The summed E-state index contributed by atoms with van der Waals surface area (Å²) < 4.78 is 0. The lowest BCUT2D eigenvalue weighted by molar-refractivity contribution is -0.143. The molecule has 114 valence electrons. The quantitative estimate of drug-likeness (QED) is 0.696. The number of carboxylic acids is 1. The highest BCUT2D eigenvalue weighted by Crippen LogP contribution is 2.24. The Bertz CT molecular complexity index is 338. The van der Waals surface area contributed by atoms with Crippen molar-refractivity contribution in [2.75, 3.05) is 0 Å². The molecule has 0 heterocycles. The fraction of sp³-hybridized carbons (Fsp3) is 0.867. The molecular formula is C15H26N2O3. The van der Waals surface area contributed by atoms with Gasteiger partial charge in [0.15, 0.2) is 0 Å². The van der Waals surface area contributed by atoms with Crippen LogP contribution in [-0.2, 0) is 4.79 Å². The smallest absolute Gasteiger partial charge is 0.315 e. The fourth-order valence-electron chi connectivity index (χ4n) is 3.38. The SMILES string of the molecule is O=C(NC1CCCCCC1)NC1CCCC(C(=O)O)C1. The molecular weight excluding hydrogens is 256 g/mol. The van der Waals surface area contributed by atoms with Gasteiger partial charge in [-0.1, -0.05) is 32.1 Å². The van der Waals surface area contributed by atoms with E-state index in [0.29, 0.717) is 6.42 Å². The Morgan fingerprint density at radius 1 is 0.800 bits per heavy atom. The monoisotopic (exact) mass is 282 g/mol. The highest BCUT2D eigenvalue weighted by molar-refractivity contribution is 5.75. The van der Waals surface area contributed by atoms with E-state index < -0.39 is 5.97 Å². The van der Waals surface area contributed by atoms with Crippen molar-refractivity contribution in [2.24, 2.45) is 5.92 Å². The predicted octanol–water partition coefficient (Wildman–Crippen LogP) is 2.65. The number of rotatable bonds is 3. The Morgan fingerprint density at radius 2 is 1.40 bits per heavy atom. The molecule has 5 nitrogen and oxygen atoms in total. The van der Waals surface area contributed by atoms with Gasteiger partial charge in [0.25, 0.3) is 0 Å². The van der Waals surface area contributed by atoms with E-state index in [0.717, 1.165) is 32.1 Å². The van der Waals surface area contributed by atoms with Gasteiger partial charge in [0.2, 0.25) is 0 Å². The van der Waals surface area contributed by atoms with Crippen LogP contribution in [0, 0.1) is 5.92 Å². The van der Waals surface area contributed by atoms with Crippen molar-refractivity contribution in [3.05, 3.63) is 0 Å². The number of carbonyl (C=O) groups excluding carboxylic acids is 1. The van der Waals surface area contributed by atoms with Crippen LogP contribution in [0.3, 0.4) is 0 Å². The topological polar surface area (TPSA) is 78.4 Å². The Balaban J connectivity index is 1.74. The normalized spacial score (nSPS) is 28.4. The second-order valence-electron chi connectivity index (χ2n) is 6.20. The molecule has 3 N–H and O–H groups in total. The van der Waals surface area contributed by atoms with Crippen LogP contribution >= 0.6 is 0 Å². The molecule has 0 aromatic heterocycles. The van der Waals surface area contributed by atoms with Gasteiger partial charge in [0.05, 0.1) is 5.92 Å². The van der Waals surface area contributed by atoms with Gasteiger partial charge in [-0.05, 0) is 32.1 Å². The third-order valence-electron chi connectivity index (χ3n) is 4.55. The van der Waals surface area contributed by atoms with E-state index in [4.69, 9.17) is 5.11 Å². The van der Waals surface area contributed by atoms with Crippen molar-refractivity contribution < 1.29 is 14.7 Å². The minimum atomic E-state index is -0.735. The number of hydrogen-bond acceptors (Lipinski definition) is 2. The first-order valence-electron chi connectivity index (χ1n) is 7.95. The highest BCUT2D eigenvalue weighted by atomic mass is 16.4. The van der Waals surface area contributed by atoms with Gasteiger partial charge < -0.3 is 15.7 Å². The van der Waals surface area contributed by atoms with Crippen molar-refractivity contribution in [2.45, 2.75) is 76.3 Å². The summed E-state index contributed by atoms with van der Waals surface area (Å²) >= 11 is 0. The van der Waals surface area contributed by atoms with Gasteiger partial charge in [-0.15, -0.1) is 0 Å². The number of carboxylic acid groups (broad SMARTS) is 1. The number of aliphatic carboxylic acids is 1. The summed E-state index contributed by atoms with van der Waals surface area (Å²) in [7, 11) is 0. The number of nitrogens with one attached hydrogen (secondary N) is 2. The van der Waals surface area contributed by atoms with Crippen LogP contribution in [0.1, 0.15) is 64.2 Å². The molecule has 0 aliphatic heterocycles.